The van der Waals surface area contributed by atoms with Crippen molar-refractivity contribution in [3.63, 3.8) is 0 Å². The fraction of sp³-hybridized carbons (Fsp3) is 0.333. The van der Waals surface area contributed by atoms with Crippen molar-refractivity contribution in [2.24, 2.45) is 5.73 Å². The van der Waals surface area contributed by atoms with Gasteiger partial charge >= 0.3 is 0 Å². The van der Waals surface area contributed by atoms with E-state index in [0.29, 0.717) is 6.54 Å². The summed E-state index contributed by atoms with van der Waals surface area (Å²) in [5.74, 6) is 0. The molecule has 0 bridgehead atoms. The third-order valence-corrected chi connectivity index (χ3v) is 1.82. The van der Waals surface area contributed by atoms with Gasteiger partial charge in [0.1, 0.15) is 0 Å². The highest BCUT2D eigenvalue weighted by Crippen LogP contribution is 2.08. The van der Waals surface area contributed by atoms with E-state index in [1.807, 2.05) is 24.3 Å². The number of rotatable bonds is 4. The number of hydrogen-bond acceptors (Lipinski definition) is 2. The Morgan fingerprint density at radius 2 is 1.85 bits per heavy atom. The van der Waals surface area contributed by atoms with Gasteiger partial charge in [-0.2, -0.15) is 0 Å². The third kappa shape index (κ3) is 5.11. The van der Waals surface area contributed by atoms with Crippen LogP contribution in [-0.2, 0) is 6.54 Å². The van der Waals surface area contributed by atoms with Gasteiger partial charge in [0.2, 0.25) is 0 Å². The quantitative estimate of drug-likeness (QED) is 0.761. The fourth-order valence-electron chi connectivity index (χ4n) is 0.937. The molecule has 1 aromatic rings. The molecule has 1 rings (SSSR count). The van der Waals surface area contributed by atoms with Gasteiger partial charge in [-0.15, -0.1) is 12.4 Å². The van der Waals surface area contributed by atoms with E-state index in [-0.39, 0.29) is 12.4 Å². The predicted octanol–water partition coefficient (Wildman–Crippen LogP) is 1.81. The molecule has 0 aliphatic rings. The molecule has 0 aromatic heterocycles. The van der Waals surface area contributed by atoms with Crippen LogP contribution in [0.2, 0.25) is 5.02 Å². The molecule has 0 saturated heterocycles. The molecule has 2 nitrogen and oxygen atoms in total. The van der Waals surface area contributed by atoms with Gasteiger partial charge in [-0.1, -0.05) is 23.7 Å². The zero-order chi connectivity index (χ0) is 8.81. The van der Waals surface area contributed by atoms with Gasteiger partial charge in [-0.05, 0) is 17.7 Å². The number of halogens is 2. The summed E-state index contributed by atoms with van der Waals surface area (Å²) in [5, 5.41) is 3.98. The summed E-state index contributed by atoms with van der Waals surface area (Å²) in [6.07, 6.45) is 0. The lowest BCUT2D eigenvalue weighted by Crippen LogP contribution is -2.21. The van der Waals surface area contributed by atoms with E-state index in [1.54, 1.807) is 0 Å². The van der Waals surface area contributed by atoms with Crippen molar-refractivity contribution in [1.29, 1.82) is 0 Å². The van der Waals surface area contributed by atoms with Gasteiger partial charge in [0.05, 0.1) is 0 Å². The summed E-state index contributed by atoms with van der Waals surface area (Å²) < 4.78 is 0. The van der Waals surface area contributed by atoms with Crippen molar-refractivity contribution >= 4 is 24.0 Å². The van der Waals surface area contributed by atoms with Crippen LogP contribution >= 0.6 is 24.0 Å². The van der Waals surface area contributed by atoms with Crippen molar-refractivity contribution < 1.29 is 0 Å². The maximum Gasteiger partial charge on any atom is 0.0406 e. The second kappa shape index (κ2) is 7.15. The van der Waals surface area contributed by atoms with Gasteiger partial charge in [0, 0.05) is 24.7 Å². The Morgan fingerprint density at radius 1 is 1.23 bits per heavy atom. The zero-order valence-electron chi connectivity index (χ0n) is 7.29. The number of nitrogens with two attached hydrogens (primary N) is 1. The molecule has 0 saturated carbocycles. The van der Waals surface area contributed by atoms with Crippen LogP contribution in [0.5, 0.6) is 0 Å². The van der Waals surface area contributed by atoms with Crippen LogP contribution in [0.4, 0.5) is 0 Å². The van der Waals surface area contributed by atoms with E-state index in [9.17, 15) is 0 Å². The minimum absolute atomic E-state index is 0. The Kier molecular flexibility index (Phi) is 7.00. The van der Waals surface area contributed by atoms with Crippen LogP contribution < -0.4 is 11.1 Å². The molecule has 0 fully saturated rings. The monoisotopic (exact) mass is 220 g/mol. The van der Waals surface area contributed by atoms with Gasteiger partial charge in [0.25, 0.3) is 0 Å². The Hall–Kier alpha value is -0.280. The lowest BCUT2D eigenvalue weighted by atomic mass is 10.2. The normalized spacial score (nSPS) is 9.38. The summed E-state index contributed by atoms with van der Waals surface area (Å²) in [4.78, 5) is 0. The van der Waals surface area contributed by atoms with Gasteiger partial charge in [-0.25, -0.2) is 0 Å². The standard InChI is InChI=1S/C9H13ClN2.ClH/c10-9-3-1-8(2-4-9)7-12-6-5-11;/h1-4,12H,5-7,11H2;1H. The second-order valence-corrected chi connectivity index (χ2v) is 3.03. The SMILES string of the molecule is Cl.NCCNCc1ccc(Cl)cc1. The van der Waals surface area contributed by atoms with Crippen LogP contribution in [0.1, 0.15) is 5.56 Å². The molecule has 1 aromatic carbocycles. The summed E-state index contributed by atoms with van der Waals surface area (Å²) in [7, 11) is 0. The average Bonchev–Trinajstić information content (AvgIpc) is 2.09. The molecular weight excluding hydrogens is 207 g/mol. The Bertz CT molecular complexity index is 224. The van der Waals surface area contributed by atoms with Crippen LogP contribution in [0.25, 0.3) is 0 Å². The van der Waals surface area contributed by atoms with Crippen molar-refractivity contribution in [3.05, 3.63) is 34.9 Å². The van der Waals surface area contributed by atoms with Crippen molar-refractivity contribution in [2.75, 3.05) is 13.1 Å². The van der Waals surface area contributed by atoms with Crippen molar-refractivity contribution in [3.8, 4) is 0 Å². The van der Waals surface area contributed by atoms with Gasteiger partial charge in [-0.3, -0.25) is 0 Å². The minimum Gasteiger partial charge on any atom is -0.329 e. The van der Waals surface area contributed by atoms with E-state index in [0.717, 1.165) is 18.1 Å². The minimum atomic E-state index is 0. The molecule has 4 heteroatoms. The summed E-state index contributed by atoms with van der Waals surface area (Å²) >= 11 is 5.73. The number of hydrogen-bond donors (Lipinski definition) is 2. The van der Waals surface area contributed by atoms with E-state index in [1.165, 1.54) is 5.56 Å². The number of nitrogens with one attached hydrogen (secondary N) is 1. The molecule has 3 N–H and O–H groups in total. The molecule has 0 heterocycles. The fourth-order valence-corrected chi connectivity index (χ4v) is 1.06. The lowest BCUT2D eigenvalue weighted by molar-refractivity contribution is 0.695. The predicted molar refractivity (Wildman–Crippen MR) is 59.5 cm³/mol. The first-order chi connectivity index (χ1) is 5.83. The topological polar surface area (TPSA) is 38.0 Å². The highest BCUT2D eigenvalue weighted by molar-refractivity contribution is 6.30. The molecule has 0 spiro atoms. The smallest absolute Gasteiger partial charge is 0.0406 e. The molecule has 0 aliphatic carbocycles. The van der Waals surface area contributed by atoms with Crippen molar-refractivity contribution in [1.82, 2.24) is 5.32 Å². The van der Waals surface area contributed by atoms with Gasteiger partial charge in [0.15, 0.2) is 0 Å². The third-order valence-electron chi connectivity index (χ3n) is 1.56. The maximum absolute atomic E-state index is 5.73. The molecule has 0 radical (unpaired) electrons. The Balaban J connectivity index is 0.00000144. The summed E-state index contributed by atoms with van der Waals surface area (Å²) in [5.41, 5.74) is 6.56. The first-order valence-corrected chi connectivity index (χ1v) is 4.36. The highest BCUT2D eigenvalue weighted by atomic mass is 35.5. The van der Waals surface area contributed by atoms with Crippen LogP contribution in [-0.4, -0.2) is 13.1 Å². The molecular formula is C9H14Cl2N2. The van der Waals surface area contributed by atoms with Crippen molar-refractivity contribution in [2.45, 2.75) is 6.54 Å². The van der Waals surface area contributed by atoms with Crippen LogP contribution in [0, 0.1) is 0 Å². The van der Waals surface area contributed by atoms with E-state index < -0.39 is 0 Å². The lowest BCUT2D eigenvalue weighted by Gasteiger charge is -2.02. The molecule has 0 amide bonds. The molecule has 0 unspecified atom stereocenters. The van der Waals surface area contributed by atoms with Crippen LogP contribution in [0.15, 0.2) is 24.3 Å². The maximum atomic E-state index is 5.73. The summed E-state index contributed by atoms with van der Waals surface area (Å²) in [6, 6.07) is 7.79. The Labute approximate surface area is 89.9 Å². The number of benzene rings is 1. The average molecular weight is 221 g/mol. The zero-order valence-corrected chi connectivity index (χ0v) is 8.87. The van der Waals surface area contributed by atoms with Crippen LogP contribution in [0.3, 0.4) is 0 Å². The molecule has 0 atom stereocenters. The van der Waals surface area contributed by atoms with E-state index in [2.05, 4.69) is 5.32 Å². The molecule has 13 heavy (non-hydrogen) atoms. The first-order valence-electron chi connectivity index (χ1n) is 3.98. The highest BCUT2D eigenvalue weighted by Gasteiger charge is 1.91. The van der Waals surface area contributed by atoms with E-state index in [4.69, 9.17) is 17.3 Å². The van der Waals surface area contributed by atoms with E-state index >= 15 is 0 Å². The summed E-state index contributed by atoms with van der Waals surface area (Å²) in [6.45, 7) is 2.38. The molecule has 0 aliphatic heterocycles. The Morgan fingerprint density at radius 3 is 2.38 bits per heavy atom. The first kappa shape index (κ1) is 12.7. The largest absolute Gasteiger partial charge is 0.329 e. The second-order valence-electron chi connectivity index (χ2n) is 2.59. The molecule has 74 valence electrons. The van der Waals surface area contributed by atoms with Gasteiger partial charge < -0.3 is 11.1 Å².